The fourth-order valence-electron chi connectivity index (χ4n) is 1.23. The minimum absolute atomic E-state index is 0. The summed E-state index contributed by atoms with van der Waals surface area (Å²) in [7, 11) is 0. The Balaban J connectivity index is 0.000000640. The van der Waals surface area contributed by atoms with Gasteiger partial charge in [-0.3, -0.25) is 0 Å². The van der Waals surface area contributed by atoms with Crippen molar-refractivity contribution in [3.8, 4) is 0 Å². The predicted molar refractivity (Wildman–Crippen MR) is 35.6 cm³/mol. The topological polar surface area (TPSA) is 3.24 Å². The van der Waals surface area contributed by atoms with Crippen LogP contribution in [0.1, 0.15) is 19.3 Å². The van der Waals surface area contributed by atoms with E-state index in [1.165, 1.54) is 32.5 Å². The standard InChI is InChI=1S/C7H14N.Y/c1-2-5-8-6-3-4-7-8;/h1-7H2;/q-1;. The van der Waals surface area contributed by atoms with E-state index in [-0.39, 0.29) is 32.7 Å². The van der Waals surface area contributed by atoms with Crippen molar-refractivity contribution in [3.05, 3.63) is 6.92 Å². The molecule has 1 fully saturated rings. The molecule has 51 valence electrons. The Morgan fingerprint density at radius 2 is 1.78 bits per heavy atom. The first-order valence-electron chi connectivity index (χ1n) is 3.45. The second-order valence-electron chi connectivity index (χ2n) is 2.40. The molecule has 0 N–H and O–H groups in total. The monoisotopic (exact) mass is 201 g/mol. The molecule has 0 bridgehead atoms. The molecule has 1 heterocycles. The van der Waals surface area contributed by atoms with Gasteiger partial charge in [0.15, 0.2) is 0 Å². The summed E-state index contributed by atoms with van der Waals surface area (Å²) in [5, 5.41) is 0. The van der Waals surface area contributed by atoms with Crippen LogP contribution in [0.15, 0.2) is 0 Å². The first-order valence-corrected chi connectivity index (χ1v) is 3.45. The summed E-state index contributed by atoms with van der Waals surface area (Å²) >= 11 is 0. The Bertz CT molecular complexity index is 59.9. The van der Waals surface area contributed by atoms with Crippen LogP contribution in [0, 0.1) is 6.92 Å². The molecule has 0 spiro atoms. The number of hydrogen-bond donors (Lipinski definition) is 0. The molecule has 1 radical (unpaired) electrons. The third-order valence-corrected chi connectivity index (χ3v) is 1.67. The Labute approximate surface area is 83.1 Å². The van der Waals surface area contributed by atoms with Crippen molar-refractivity contribution in [1.29, 1.82) is 0 Å². The average molecular weight is 201 g/mol. The molecule has 1 saturated heterocycles. The molecule has 0 aromatic rings. The summed E-state index contributed by atoms with van der Waals surface area (Å²) in [5.41, 5.74) is 0. The molecule has 0 aromatic heterocycles. The van der Waals surface area contributed by atoms with Crippen molar-refractivity contribution in [2.24, 2.45) is 0 Å². The smallest absolute Gasteiger partial charge is 0 e. The summed E-state index contributed by atoms with van der Waals surface area (Å²) in [6.45, 7) is 7.65. The van der Waals surface area contributed by atoms with Gasteiger partial charge in [0.25, 0.3) is 0 Å². The zero-order chi connectivity index (χ0) is 5.82. The Morgan fingerprint density at radius 1 is 1.22 bits per heavy atom. The summed E-state index contributed by atoms with van der Waals surface area (Å²) in [6, 6.07) is 0. The van der Waals surface area contributed by atoms with Crippen LogP contribution < -0.4 is 0 Å². The van der Waals surface area contributed by atoms with Gasteiger partial charge in [-0.05, 0) is 32.5 Å². The molecular formula is C7H14NY-. The van der Waals surface area contributed by atoms with E-state index >= 15 is 0 Å². The molecule has 1 aliphatic heterocycles. The number of nitrogens with zero attached hydrogens (tertiary/aromatic N) is 1. The molecule has 0 amide bonds. The predicted octanol–water partition coefficient (Wildman–Crippen LogP) is 1.30. The average Bonchev–Trinajstić information content (AvgIpc) is 2.19. The largest absolute Gasteiger partial charge is 0.342 e. The van der Waals surface area contributed by atoms with Gasteiger partial charge in [0.05, 0.1) is 0 Å². The van der Waals surface area contributed by atoms with Gasteiger partial charge in [-0.2, -0.15) is 6.42 Å². The van der Waals surface area contributed by atoms with Gasteiger partial charge in [-0.25, -0.2) is 0 Å². The van der Waals surface area contributed by atoms with E-state index in [2.05, 4.69) is 11.8 Å². The fraction of sp³-hybridized carbons (Fsp3) is 0.857. The van der Waals surface area contributed by atoms with Gasteiger partial charge in [0.2, 0.25) is 0 Å². The van der Waals surface area contributed by atoms with Gasteiger partial charge in [-0.15, -0.1) is 0 Å². The van der Waals surface area contributed by atoms with Crippen LogP contribution in [-0.4, -0.2) is 24.5 Å². The van der Waals surface area contributed by atoms with E-state index in [0.717, 1.165) is 6.42 Å². The van der Waals surface area contributed by atoms with Crippen molar-refractivity contribution >= 4 is 0 Å². The number of hydrogen-bond acceptors (Lipinski definition) is 1. The number of likely N-dealkylation sites (tertiary alicyclic amines) is 1. The van der Waals surface area contributed by atoms with E-state index in [1.54, 1.807) is 0 Å². The van der Waals surface area contributed by atoms with Crippen molar-refractivity contribution in [2.75, 3.05) is 19.6 Å². The molecular weight excluding hydrogens is 187 g/mol. The van der Waals surface area contributed by atoms with Gasteiger partial charge in [0, 0.05) is 32.7 Å². The van der Waals surface area contributed by atoms with Gasteiger partial charge in [0.1, 0.15) is 0 Å². The second-order valence-corrected chi connectivity index (χ2v) is 2.40. The van der Waals surface area contributed by atoms with E-state index in [0.29, 0.717) is 0 Å². The van der Waals surface area contributed by atoms with Crippen LogP contribution in [0.4, 0.5) is 0 Å². The normalized spacial score (nSPS) is 19.7. The Hall–Kier alpha value is 1.06. The van der Waals surface area contributed by atoms with Crippen molar-refractivity contribution in [3.63, 3.8) is 0 Å². The quantitative estimate of drug-likeness (QED) is 0.609. The van der Waals surface area contributed by atoms with Gasteiger partial charge >= 0.3 is 0 Å². The molecule has 9 heavy (non-hydrogen) atoms. The molecule has 2 heteroatoms. The fourth-order valence-corrected chi connectivity index (χ4v) is 1.23. The van der Waals surface area contributed by atoms with Crippen molar-refractivity contribution < 1.29 is 32.7 Å². The minimum atomic E-state index is 0. The van der Waals surface area contributed by atoms with Crippen LogP contribution in [0.5, 0.6) is 0 Å². The summed E-state index contributed by atoms with van der Waals surface area (Å²) in [4.78, 5) is 2.48. The Morgan fingerprint density at radius 3 is 2.22 bits per heavy atom. The van der Waals surface area contributed by atoms with Crippen LogP contribution in [0.3, 0.4) is 0 Å². The molecule has 0 unspecified atom stereocenters. The molecule has 1 aliphatic rings. The first kappa shape index (κ1) is 10.1. The third-order valence-electron chi connectivity index (χ3n) is 1.67. The Kier molecular flexibility index (Phi) is 6.51. The molecule has 1 rings (SSSR count). The van der Waals surface area contributed by atoms with Crippen LogP contribution in [0.25, 0.3) is 0 Å². The third kappa shape index (κ3) is 3.69. The zero-order valence-electron chi connectivity index (χ0n) is 5.97. The van der Waals surface area contributed by atoms with Crippen LogP contribution >= 0.6 is 0 Å². The minimum Gasteiger partial charge on any atom is -0.342 e. The molecule has 0 saturated carbocycles. The second kappa shape index (κ2) is 5.82. The maximum atomic E-state index is 3.81. The summed E-state index contributed by atoms with van der Waals surface area (Å²) in [6.07, 6.45) is 3.88. The van der Waals surface area contributed by atoms with Gasteiger partial charge < -0.3 is 11.8 Å². The molecule has 0 aromatic carbocycles. The van der Waals surface area contributed by atoms with Crippen LogP contribution in [0.2, 0.25) is 0 Å². The maximum Gasteiger partial charge on any atom is 0 e. The number of rotatable bonds is 2. The maximum absolute atomic E-state index is 3.81. The summed E-state index contributed by atoms with van der Waals surface area (Å²) in [5.74, 6) is 0. The van der Waals surface area contributed by atoms with Crippen molar-refractivity contribution in [1.82, 2.24) is 4.90 Å². The van der Waals surface area contributed by atoms with Gasteiger partial charge in [-0.1, -0.05) is 0 Å². The van der Waals surface area contributed by atoms with E-state index in [4.69, 9.17) is 0 Å². The molecule has 0 aliphatic carbocycles. The SMILES string of the molecule is [CH2-]CCN1CCCC1.[Y]. The zero-order valence-corrected chi connectivity index (χ0v) is 8.81. The van der Waals surface area contributed by atoms with E-state index in [1.807, 2.05) is 0 Å². The van der Waals surface area contributed by atoms with E-state index in [9.17, 15) is 0 Å². The van der Waals surface area contributed by atoms with Crippen LogP contribution in [-0.2, 0) is 32.7 Å². The van der Waals surface area contributed by atoms with Crippen molar-refractivity contribution in [2.45, 2.75) is 19.3 Å². The van der Waals surface area contributed by atoms with E-state index < -0.39 is 0 Å². The summed E-state index contributed by atoms with van der Waals surface area (Å²) < 4.78 is 0. The molecule has 1 nitrogen and oxygen atoms in total. The molecule has 0 atom stereocenters. The first-order chi connectivity index (χ1) is 3.93.